The summed E-state index contributed by atoms with van der Waals surface area (Å²) < 4.78 is 6.34. The molecule has 1 atom stereocenters. The third-order valence-corrected chi connectivity index (χ3v) is 4.85. The molecule has 0 saturated heterocycles. The van der Waals surface area contributed by atoms with Gasteiger partial charge in [0, 0.05) is 5.39 Å². The number of aliphatic hydroxyl groups is 1. The Morgan fingerprint density at radius 2 is 2.08 bits per heavy atom. The van der Waals surface area contributed by atoms with Crippen molar-refractivity contribution in [3.8, 4) is 5.69 Å². The average Bonchev–Trinajstić information content (AvgIpc) is 3.20. The molecule has 1 amide bonds. The van der Waals surface area contributed by atoms with Crippen LogP contribution in [-0.2, 0) is 9.53 Å². The Labute approximate surface area is 147 Å². The summed E-state index contributed by atoms with van der Waals surface area (Å²) in [6.45, 7) is 1.35. The van der Waals surface area contributed by atoms with Crippen molar-refractivity contribution >= 4 is 33.4 Å². The van der Waals surface area contributed by atoms with E-state index in [0.29, 0.717) is 4.88 Å². The number of fused-ring (bicyclic) bond motifs is 1. The second-order valence-electron chi connectivity index (χ2n) is 5.39. The SMILES string of the molecule is COC(=O)[C@@H](CO)NC(=O)c1cc2c(C)nn(-c3ccccc3)c2s1. The van der Waals surface area contributed by atoms with Gasteiger partial charge in [-0.3, -0.25) is 4.79 Å². The summed E-state index contributed by atoms with van der Waals surface area (Å²) in [7, 11) is 1.20. The van der Waals surface area contributed by atoms with E-state index in [4.69, 9.17) is 0 Å². The molecule has 1 aromatic carbocycles. The number of benzene rings is 1. The zero-order chi connectivity index (χ0) is 18.0. The molecule has 2 N–H and O–H groups in total. The Balaban J connectivity index is 1.94. The van der Waals surface area contributed by atoms with Gasteiger partial charge in [-0.1, -0.05) is 18.2 Å². The number of amides is 1. The number of carbonyl (C=O) groups excluding carboxylic acids is 2. The van der Waals surface area contributed by atoms with Gasteiger partial charge in [0.05, 0.1) is 30.0 Å². The molecule has 8 heteroatoms. The predicted octanol–water partition coefficient (Wildman–Crippen LogP) is 1.66. The first kappa shape index (κ1) is 17.1. The van der Waals surface area contributed by atoms with Crippen molar-refractivity contribution in [1.29, 1.82) is 0 Å². The number of para-hydroxylation sites is 1. The first-order chi connectivity index (χ1) is 12.0. The second-order valence-corrected chi connectivity index (χ2v) is 6.42. The van der Waals surface area contributed by atoms with E-state index in [-0.39, 0.29) is 0 Å². The lowest BCUT2D eigenvalue weighted by Gasteiger charge is -2.12. The molecule has 3 rings (SSSR count). The molecule has 0 saturated carbocycles. The Bertz CT molecular complexity index is 917. The highest BCUT2D eigenvalue weighted by Gasteiger charge is 2.23. The molecule has 2 heterocycles. The molecular weight excluding hydrogens is 342 g/mol. The number of hydrogen-bond acceptors (Lipinski definition) is 6. The first-order valence-corrected chi connectivity index (χ1v) is 8.41. The summed E-state index contributed by atoms with van der Waals surface area (Å²) in [5.41, 5.74) is 1.71. The number of hydrogen-bond donors (Lipinski definition) is 2. The van der Waals surface area contributed by atoms with Gasteiger partial charge < -0.3 is 15.2 Å². The van der Waals surface area contributed by atoms with Crippen LogP contribution >= 0.6 is 11.3 Å². The van der Waals surface area contributed by atoms with Crippen molar-refractivity contribution in [1.82, 2.24) is 15.1 Å². The predicted molar refractivity (Wildman–Crippen MR) is 94.0 cm³/mol. The zero-order valence-corrected chi connectivity index (χ0v) is 14.5. The van der Waals surface area contributed by atoms with E-state index < -0.39 is 24.5 Å². The number of aliphatic hydroxyl groups excluding tert-OH is 1. The zero-order valence-electron chi connectivity index (χ0n) is 13.7. The van der Waals surface area contributed by atoms with Crippen molar-refractivity contribution < 1.29 is 19.4 Å². The standard InChI is InChI=1S/C17H17N3O4S/c1-10-12-8-14(15(22)18-13(9-21)17(23)24-2)25-16(12)20(19-10)11-6-4-3-5-7-11/h3-8,13,21H,9H2,1-2H3,(H,18,22)/t13-/m1/s1. The van der Waals surface area contributed by atoms with Crippen molar-refractivity contribution in [2.45, 2.75) is 13.0 Å². The van der Waals surface area contributed by atoms with Gasteiger partial charge in [-0.2, -0.15) is 5.10 Å². The highest BCUT2D eigenvalue weighted by Crippen LogP contribution is 2.30. The molecule has 0 fully saturated rings. The molecule has 0 unspecified atom stereocenters. The number of nitrogens with one attached hydrogen (secondary N) is 1. The topological polar surface area (TPSA) is 93.4 Å². The van der Waals surface area contributed by atoms with Crippen LogP contribution < -0.4 is 5.32 Å². The van der Waals surface area contributed by atoms with Crippen LogP contribution in [0.1, 0.15) is 15.4 Å². The highest BCUT2D eigenvalue weighted by atomic mass is 32.1. The summed E-state index contributed by atoms with van der Waals surface area (Å²) in [5, 5.41) is 17.1. The van der Waals surface area contributed by atoms with E-state index in [0.717, 1.165) is 21.6 Å². The van der Waals surface area contributed by atoms with E-state index >= 15 is 0 Å². The molecule has 7 nitrogen and oxygen atoms in total. The van der Waals surface area contributed by atoms with E-state index in [1.807, 2.05) is 37.3 Å². The van der Waals surface area contributed by atoms with E-state index in [2.05, 4.69) is 15.2 Å². The van der Waals surface area contributed by atoms with Crippen LogP contribution in [0, 0.1) is 6.92 Å². The fourth-order valence-corrected chi connectivity index (χ4v) is 3.54. The molecule has 0 bridgehead atoms. The number of rotatable bonds is 5. The van der Waals surface area contributed by atoms with Crippen LogP contribution in [0.2, 0.25) is 0 Å². The van der Waals surface area contributed by atoms with Gasteiger partial charge in [-0.25, -0.2) is 9.48 Å². The van der Waals surface area contributed by atoms with Crippen molar-refractivity contribution in [3.05, 3.63) is 47.0 Å². The molecule has 0 spiro atoms. The van der Waals surface area contributed by atoms with Gasteiger partial charge in [-0.05, 0) is 25.1 Å². The van der Waals surface area contributed by atoms with Crippen LogP contribution in [0.5, 0.6) is 0 Å². The lowest BCUT2D eigenvalue weighted by Crippen LogP contribution is -2.43. The molecule has 0 radical (unpaired) electrons. The summed E-state index contributed by atoms with van der Waals surface area (Å²) in [6.07, 6.45) is 0. The maximum atomic E-state index is 12.4. The van der Waals surface area contributed by atoms with Gasteiger partial charge >= 0.3 is 5.97 Å². The fraction of sp³-hybridized carbons (Fsp3) is 0.235. The smallest absolute Gasteiger partial charge is 0.330 e. The summed E-state index contributed by atoms with van der Waals surface area (Å²) in [5.74, 6) is -1.13. The van der Waals surface area contributed by atoms with E-state index in [1.54, 1.807) is 10.7 Å². The molecule has 25 heavy (non-hydrogen) atoms. The summed E-state index contributed by atoms with van der Waals surface area (Å²) >= 11 is 1.27. The lowest BCUT2D eigenvalue weighted by atomic mass is 10.2. The minimum atomic E-state index is -1.09. The number of nitrogens with zero attached hydrogens (tertiary/aromatic N) is 2. The van der Waals surface area contributed by atoms with Gasteiger partial charge in [0.15, 0.2) is 6.04 Å². The Morgan fingerprint density at radius 3 is 2.72 bits per heavy atom. The van der Waals surface area contributed by atoms with Gasteiger partial charge in [0.25, 0.3) is 5.91 Å². The van der Waals surface area contributed by atoms with Crippen LogP contribution in [0.25, 0.3) is 15.9 Å². The number of thiophene rings is 1. The third kappa shape index (κ3) is 3.26. The van der Waals surface area contributed by atoms with Crippen LogP contribution in [0.15, 0.2) is 36.4 Å². The minimum Gasteiger partial charge on any atom is -0.467 e. The summed E-state index contributed by atoms with van der Waals surface area (Å²) in [6, 6.07) is 10.3. The van der Waals surface area contributed by atoms with Gasteiger partial charge in [0.2, 0.25) is 0 Å². The monoisotopic (exact) mass is 359 g/mol. The number of methoxy groups -OCH3 is 1. The number of esters is 1. The molecular formula is C17H17N3O4S. The maximum absolute atomic E-state index is 12.4. The largest absolute Gasteiger partial charge is 0.467 e. The van der Waals surface area contributed by atoms with Crippen LogP contribution in [0.4, 0.5) is 0 Å². The molecule has 3 aromatic rings. The molecule has 0 aliphatic heterocycles. The summed E-state index contributed by atoms with van der Waals surface area (Å²) in [4.78, 5) is 25.2. The highest BCUT2D eigenvalue weighted by molar-refractivity contribution is 7.20. The van der Waals surface area contributed by atoms with E-state index in [9.17, 15) is 14.7 Å². The second kappa shape index (κ2) is 7.04. The average molecular weight is 359 g/mol. The number of aromatic nitrogens is 2. The lowest BCUT2D eigenvalue weighted by molar-refractivity contribution is -0.143. The number of aryl methyl sites for hydroxylation is 1. The van der Waals surface area contributed by atoms with Crippen molar-refractivity contribution in [2.24, 2.45) is 0 Å². The minimum absolute atomic E-state index is 0.433. The van der Waals surface area contributed by atoms with Crippen molar-refractivity contribution in [2.75, 3.05) is 13.7 Å². The Morgan fingerprint density at radius 1 is 1.36 bits per heavy atom. The van der Waals surface area contributed by atoms with Gasteiger partial charge in [0.1, 0.15) is 4.83 Å². The fourth-order valence-electron chi connectivity index (χ4n) is 2.45. The first-order valence-electron chi connectivity index (χ1n) is 7.59. The normalized spacial score (nSPS) is 12.1. The van der Waals surface area contributed by atoms with Gasteiger partial charge in [-0.15, -0.1) is 11.3 Å². The van der Waals surface area contributed by atoms with E-state index in [1.165, 1.54) is 18.4 Å². The van der Waals surface area contributed by atoms with Crippen molar-refractivity contribution in [3.63, 3.8) is 0 Å². The Kier molecular flexibility index (Phi) is 4.82. The maximum Gasteiger partial charge on any atom is 0.330 e. The molecule has 0 aliphatic rings. The molecule has 0 aliphatic carbocycles. The van der Waals surface area contributed by atoms with Crippen LogP contribution in [0.3, 0.4) is 0 Å². The van der Waals surface area contributed by atoms with Crippen LogP contribution in [-0.4, -0.2) is 46.5 Å². The number of ether oxygens (including phenoxy) is 1. The quantitative estimate of drug-likeness (QED) is 0.676. The third-order valence-electron chi connectivity index (χ3n) is 3.74. The number of carbonyl (C=O) groups is 2. The molecule has 2 aromatic heterocycles. The Hall–Kier alpha value is -2.71. The molecule has 130 valence electrons.